The molecule has 1 unspecified atom stereocenters. The van der Waals surface area contributed by atoms with Crippen LogP contribution in [0.2, 0.25) is 0 Å². The number of aromatic carboxylic acids is 1. The summed E-state index contributed by atoms with van der Waals surface area (Å²) in [4.78, 5) is 28.7. The minimum absolute atomic E-state index is 0.125. The molecule has 6 nitrogen and oxygen atoms in total. The van der Waals surface area contributed by atoms with Gasteiger partial charge in [-0.25, -0.2) is 14.6 Å². The molecule has 31 heavy (non-hydrogen) atoms. The first-order chi connectivity index (χ1) is 14.9. The van der Waals surface area contributed by atoms with Crippen LogP contribution in [0.3, 0.4) is 0 Å². The van der Waals surface area contributed by atoms with Crippen molar-refractivity contribution >= 4 is 29.4 Å². The van der Waals surface area contributed by atoms with E-state index in [0.29, 0.717) is 12.0 Å². The molecule has 162 valence electrons. The maximum Gasteiger partial charge on any atom is 0.335 e. The minimum Gasteiger partial charge on any atom is -0.478 e. The molecule has 0 aliphatic heterocycles. The van der Waals surface area contributed by atoms with Crippen molar-refractivity contribution in [3.63, 3.8) is 0 Å². The number of hydrogen-bond donors (Lipinski definition) is 2. The van der Waals surface area contributed by atoms with Gasteiger partial charge < -0.3 is 14.8 Å². The lowest BCUT2D eigenvalue weighted by Crippen LogP contribution is -2.14. The van der Waals surface area contributed by atoms with E-state index in [2.05, 4.69) is 16.5 Å². The molecule has 0 amide bonds. The van der Waals surface area contributed by atoms with Gasteiger partial charge >= 0.3 is 11.9 Å². The molecule has 0 spiro atoms. The van der Waals surface area contributed by atoms with Crippen LogP contribution in [0.1, 0.15) is 65.0 Å². The Morgan fingerprint density at radius 1 is 1.19 bits per heavy atom. The second kappa shape index (κ2) is 10.2. The average molecular weight is 439 g/mol. The Bertz CT molecular complexity index is 1070. The third-order valence-corrected chi connectivity index (χ3v) is 6.10. The van der Waals surface area contributed by atoms with Crippen LogP contribution in [0.4, 0.5) is 0 Å². The molecule has 0 radical (unpaired) electrons. The number of thiophene rings is 1. The van der Waals surface area contributed by atoms with Gasteiger partial charge in [0.15, 0.2) is 0 Å². The van der Waals surface area contributed by atoms with E-state index in [1.54, 1.807) is 36.5 Å². The molecule has 1 atom stereocenters. The van der Waals surface area contributed by atoms with E-state index >= 15 is 0 Å². The number of carbonyl (C=O) groups is 2. The van der Waals surface area contributed by atoms with Gasteiger partial charge in [-0.3, -0.25) is 0 Å². The lowest BCUT2D eigenvalue weighted by Gasteiger charge is -2.20. The highest BCUT2D eigenvalue weighted by molar-refractivity contribution is 7.09. The summed E-state index contributed by atoms with van der Waals surface area (Å²) in [6.07, 6.45) is 6.57. The molecule has 7 heteroatoms. The van der Waals surface area contributed by atoms with Crippen LogP contribution < -0.4 is 0 Å². The van der Waals surface area contributed by atoms with Crippen LogP contribution in [-0.4, -0.2) is 31.7 Å². The highest BCUT2D eigenvalue weighted by Gasteiger charge is 2.19. The molecule has 0 fully saturated rings. The van der Waals surface area contributed by atoms with Gasteiger partial charge in [-0.1, -0.05) is 31.5 Å². The van der Waals surface area contributed by atoms with E-state index in [1.807, 2.05) is 24.4 Å². The van der Waals surface area contributed by atoms with Gasteiger partial charge in [0.1, 0.15) is 5.82 Å². The fourth-order valence-electron chi connectivity index (χ4n) is 3.51. The summed E-state index contributed by atoms with van der Waals surface area (Å²) >= 11 is 1.53. The molecule has 0 aliphatic rings. The molecule has 0 saturated heterocycles. The molecular formula is C24H26N2O4S. The first-order valence-corrected chi connectivity index (χ1v) is 11.1. The Morgan fingerprint density at radius 2 is 1.94 bits per heavy atom. The Balaban J connectivity index is 2.01. The van der Waals surface area contributed by atoms with Crippen LogP contribution in [0.15, 0.2) is 53.5 Å². The number of nitrogens with zero attached hydrogens (tertiary/aromatic N) is 2. The number of aromatic nitrogens is 2. The SMILES string of the molecule is CCCCc1ncc(/C=C(\Cc2cccs2)C(=O)O)n1C(C)c1ccc(C(=O)O)cc1. The Hall–Kier alpha value is -3.19. The summed E-state index contributed by atoms with van der Waals surface area (Å²) in [5, 5.41) is 20.9. The summed E-state index contributed by atoms with van der Waals surface area (Å²) in [5.74, 6) is -1.02. The topological polar surface area (TPSA) is 92.4 Å². The van der Waals surface area contributed by atoms with Gasteiger partial charge in [-0.2, -0.15) is 0 Å². The van der Waals surface area contributed by atoms with Crippen LogP contribution in [0.5, 0.6) is 0 Å². The summed E-state index contributed by atoms with van der Waals surface area (Å²) in [7, 11) is 0. The van der Waals surface area contributed by atoms with E-state index < -0.39 is 11.9 Å². The maximum absolute atomic E-state index is 11.9. The summed E-state index contributed by atoms with van der Waals surface area (Å²) < 4.78 is 2.06. The van der Waals surface area contributed by atoms with E-state index in [0.717, 1.165) is 41.2 Å². The zero-order valence-electron chi connectivity index (χ0n) is 17.6. The van der Waals surface area contributed by atoms with Gasteiger partial charge in [0, 0.05) is 23.3 Å². The van der Waals surface area contributed by atoms with Crippen molar-refractivity contribution in [2.24, 2.45) is 0 Å². The Morgan fingerprint density at radius 3 is 2.52 bits per heavy atom. The van der Waals surface area contributed by atoms with Crippen molar-refractivity contribution < 1.29 is 19.8 Å². The molecule has 3 aromatic rings. The Kier molecular flexibility index (Phi) is 7.41. The van der Waals surface area contributed by atoms with Crippen molar-refractivity contribution in [3.05, 3.63) is 81.1 Å². The van der Waals surface area contributed by atoms with E-state index in [9.17, 15) is 14.7 Å². The highest BCUT2D eigenvalue weighted by atomic mass is 32.1. The number of aryl methyl sites for hydroxylation is 1. The lowest BCUT2D eigenvalue weighted by atomic mass is 10.0. The molecular weight excluding hydrogens is 412 g/mol. The largest absolute Gasteiger partial charge is 0.478 e. The van der Waals surface area contributed by atoms with Crippen LogP contribution in [0, 0.1) is 0 Å². The number of aliphatic carboxylic acids is 1. The summed E-state index contributed by atoms with van der Waals surface area (Å²) in [6.45, 7) is 4.13. The van der Waals surface area contributed by atoms with Crippen molar-refractivity contribution in [2.75, 3.05) is 0 Å². The summed E-state index contributed by atoms with van der Waals surface area (Å²) in [6, 6.07) is 10.5. The van der Waals surface area contributed by atoms with Gasteiger partial charge in [0.05, 0.1) is 23.5 Å². The third kappa shape index (κ3) is 5.49. The fraction of sp³-hybridized carbons (Fsp3) is 0.292. The molecule has 2 N–H and O–H groups in total. The number of imidazole rings is 1. The molecule has 0 aliphatic carbocycles. The molecule has 0 saturated carbocycles. The van der Waals surface area contributed by atoms with Gasteiger partial charge in [0.25, 0.3) is 0 Å². The number of hydrogen-bond acceptors (Lipinski definition) is 4. The monoisotopic (exact) mass is 438 g/mol. The summed E-state index contributed by atoms with van der Waals surface area (Å²) in [5.41, 5.74) is 2.21. The van der Waals surface area contributed by atoms with Gasteiger partial charge in [-0.05, 0) is 48.6 Å². The fourth-order valence-corrected chi connectivity index (χ4v) is 4.24. The van der Waals surface area contributed by atoms with Gasteiger partial charge in [-0.15, -0.1) is 11.3 Å². The second-order valence-corrected chi connectivity index (χ2v) is 8.44. The number of unbranched alkanes of at least 4 members (excludes halogenated alkanes) is 1. The number of benzene rings is 1. The smallest absolute Gasteiger partial charge is 0.335 e. The normalized spacial score (nSPS) is 12.6. The van der Waals surface area contributed by atoms with Crippen LogP contribution in [0.25, 0.3) is 6.08 Å². The predicted octanol–water partition coefficient (Wildman–Crippen LogP) is 5.31. The Labute approximate surface area is 185 Å². The quantitative estimate of drug-likeness (QED) is 0.419. The van der Waals surface area contributed by atoms with E-state index in [4.69, 9.17) is 5.11 Å². The first kappa shape index (κ1) is 22.5. The van der Waals surface area contributed by atoms with Crippen LogP contribution in [-0.2, 0) is 17.6 Å². The highest BCUT2D eigenvalue weighted by Crippen LogP contribution is 2.26. The maximum atomic E-state index is 11.9. The standard InChI is InChI=1S/C24H26N2O4S/c1-3-4-7-22-25-15-20(13-19(24(29)30)14-21-6-5-12-31-21)26(22)16(2)17-8-10-18(11-9-17)23(27)28/h5-6,8-13,15-16H,3-4,7,14H2,1-2H3,(H,27,28)(H,29,30)/b19-13+. The van der Waals surface area contributed by atoms with Crippen molar-refractivity contribution in [1.29, 1.82) is 0 Å². The van der Waals surface area contributed by atoms with Crippen LogP contribution >= 0.6 is 11.3 Å². The van der Waals surface area contributed by atoms with Crippen molar-refractivity contribution in [3.8, 4) is 0 Å². The average Bonchev–Trinajstić information content (AvgIpc) is 3.41. The number of carboxylic acids is 2. The zero-order valence-corrected chi connectivity index (χ0v) is 18.4. The zero-order chi connectivity index (χ0) is 22.4. The number of carboxylic acid groups (broad SMARTS) is 2. The van der Waals surface area contributed by atoms with E-state index in [-0.39, 0.29) is 11.6 Å². The van der Waals surface area contributed by atoms with E-state index in [1.165, 1.54) is 11.3 Å². The first-order valence-electron chi connectivity index (χ1n) is 10.3. The lowest BCUT2D eigenvalue weighted by molar-refractivity contribution is -0.132. The second-order valence-electron chi connectivity index (χ2n) is 7.41. The predicted molar refractivity (Wildman–Crippen MR) is 122 cm³/mol. The molecule has 3 rings (SSSR count). The van der Waals surface area contributed by atoms with Crippen molar-refractivity contribution in [1.82, 2.24) is 9.55 Å². The molecule has 2 heterocycles. The third-order valence-electron chi connectivity index (χ3n) is 5.22. The molecule has 2 aromatic heterocycles. The number of rotatable bonds is 10. The molecule has 0 bridgehead atoms. The molecule has 1 aromatic carbocycles. The van der Waals surface area contributed by atoms with Gasteiger partial charge in [0.2, 0.25) is 0 Å². The minimum atomic E-state index is -0.964. The van der Waals surface area contributed by atoms with Crippen molar-refractivity contribution in [2.45, 2.75) is 45.6 Å².